The molecular formula is C15H25N3O4S. The lowest BCUT2D eigenvalue weighted by Crippen LogP contribution is -2.44. The summed E-state index contributed by atoms with van der Waals surface area (Å²) in [6.07, 6.45) is 5.13. The lowest BCUT2D eigenvalue weighted by atomic mass is 10.0. The van der Waals surface area contributed by atoms with Crippen LogP contribution in [-0.2, 0) is 26.0 Å². The molecule has 0 spiro atoms. The first-order valence-corrected chi connectivity index (χ1v) is 9.89. The second kappa shape index (κ2) is 7.29. The Labute approximate surface area is 137 Å². The summed E-state index contributed by atoms with van der Waals surface area (Å²) in [6.45, 7) is 5.38. The van der Waals surface area contributed by atoms with Crippen LogP contribution in [0.4, 0.5) is 0 Å². The maximum Gasteiger partial charge on any atom is 0.214 e. The molecule has 1 aromatic rings. The molecule has 0 N–H and O–H groups in total. The molecule has 2 aliphatic rings. The molecule has 23 heavy (non-hydrogen) atoms. The van der Waals surface area contributed by atoms with E-state index in [9.17, 15) is 8.42 Å². The molecule has 0 bridgehead atoms. The standard InChI is InChI=1S/C15H25N3O4S/c1-2-17-10-14(9-16-17)15-11-18(5-8-22-15)23(19,20)12-13-3-6-21-7-4-13/h9-10,13,15H,2-8,11-12H2,1H3/t15-/m0/s1. The molecule has 130 valence electrons. The van der Waals surface area contributed by atoms with Crippen molar-refractivity contribution in [3.05, 3.63) is 18.0 Å². The highest BCUT2D eigenvalue weighted by atomic mass is 32.2. The Balaban J connectivity index is 1.64. The van der Waals surface area contributed by atoms with Gasteiger partial charge in [-0.1, -0.05) is 0 Å². The van der Waals surface area contributed by atoms with Gasteiger partial charge >= 0.3 is 0 Å². The average Bonchev–Trinajstić information content (AvgIpc) is 3.05. The van der Waals surface area contributed by atoms with Crippen LogP contribution in [0, 0.1) is 5.92 Å². The molecule has 3 heterocycles. The first kappa shape index (κ1) is 16.9. The van der Waals surface area contributed by atoms with E-state index in [1.165, 1.54) is 0 Å². The van der Waals surface area contributed by atoms with Gasteiger partial charge in [0.15, 0.2) is 0 Å². The predicted octanol–water partition coefficient (Wildman–Crippen LogP) is 1.03. The van der Waals surface area contributed by atoms with Crippen LogP contribution >= 0.6 is 0 Å². The third-order valence-corrected chi connectivity index (χ3v) is 6.57. The van der Waals surface area contributed by atoms with Gasteiger partial charge in [-0.25, -0.2) is 8.42 Å². The number of sulfonamides is 1. The van der Waals surface area contributed by atoms with Crippen molar-refractivity contribution in [2.75, 3.05) is 38.7 Å². The fourth-order valence-electron chi connectivity index (χ4n) is 3.12. The minimum atomic E-state index is -3.25. The second-order valence-electron chi connectivity index (χ2n) is 6.18. The highest BCUT2D eigenvalue weighted by Gasteiger charge is 2.33. The Hall–Kier alpha value is -0.960. The number of ether oxygens (including phenoxy) is 2. The summed E-state index contributed by atoms with van der Waals surface area (Å²) in [6, 6.07) is 0. The molecule has 0 unspecified atom stereocenters. The second-order valence-corrected chi connectivity index (χ2v) is 8.19. The molecule has 1 aromatic heterocycles. The van der Waals surface area contributed by atoms with E-state index in [0.717, 1.165) is 24.9 Å². The predicted molar refractivity (Wildman–Crippen MR) is 85.5 cm³/mol. The van der Waals surface area contributed by atoms with Crippen LogP contribution in [0.2, 0.25) is 0 Å². The van der Waals surface area contributed by atoms with Gasteiger partial charge in [0.05, 0.1) is 24.7 Å². The van der Waals surface area contributed by atoms with Crippen molar-refractivity contribution in [1.29, 1.82) is 0 Å². The zero-order valence-corrected chi connectivity index (χ0v) is 14.4. The van der Waals surface area contributed by atoms with Gasteiger partial charge in [-0.05, 0) is 25.7 Å². The van der Waals surface area contributed by atoms with Crippen LogP contribution in [-0.4, -0.2) is 61.2 Å². The molecule has 2 aliphatic heterocycles. The molecule has 0 saturated carbocycles. The van der Waals surface area contributed by atoms with E-state index in [2.05, 4.69) is 5.10 Å². The van der Waals surface area contributed by atoms with Gasteiger partial charge in [-0.3, -0.25) is 4.68 Å². The van der Waals surface area contributed by atoms with E-state index in [1.54, 1.807) is 10.5 Å². The molecule has 0 aliphatic carbocycles. The highest BCUT2D eigenvalue weighted by Crippen LogP contribution is 2.25. The molecule has 3 rings (SSSR count). The van der Waals surface area contributed by atoms with E-state index in [0.29, 0.717) is 32.9 Å². The van der Waals surface area contributed by atoms with E-state index >= 15 is 0 Å². The lowest BCUT2D eigenvalue weighted by molar-refractivity contribution is -0.00292. The van der Waals surface area contributed by atoms with Gasteiger partial charge < -0.3 is 9.47 Å². The maximum atomic E-state index is 12.7. The first-order chi connectivity index (χ1) is 11.1. The van der Waals surface area contributed by atoms with Crippen molar-refractivity contribution in [2.45, 2.75) is 32.4 Å². The van der Waals surface area contributed by atoms with Crippen LogP contribution in [0.25, 0.3) is 0 Å². The fourth-order valence-corrected chi connectivity index (χ4v) is 4.97. The van der Waals surface area contributed by atoms with Gasteiger partial charge in [0.1, 0.15) is 0 Å². The minimum absolute atomic E-state index is 0.206. The average molecular weight is 343 g/mol. The number of hydrogen-bond acceptors (Lipinski definition) is 5. The third-order valence-electron chi connectivity index (χ3n) is 4.56. The van der Waals surface area contributed by atoms with E-state index in [4.69, 9.17) is 9.47 Å². The van der Waals surface area contributed by atoms with Gasteiger partial charge in [0.25, 0.3) is 0 Å². The summed E-state index contributed by atoms with van der Waals surface area (Å²) >= 11 is 0. The van der Waals surface area contributed by atoms with Gasteiger partial charge in [-0.15, -0.1) is 0 Å². The van der Waals surface area contributed by atoms with Crippen LogP contribution < -0.4 is 0 Å². The van der Waals surface area contributed by atoms with Gasteiger partial charge in [-0.2, -0.15) is 9.40 Å². The van der Waals surface area contributed by atoms with Crippen molar-refractivity contribution in [3.8, 4) is 0 Å². The zero-order chi connectivity index (χ0) is 16.3. The van der Waals surface area contributed by atoms with Crippen LogP contribution in [0.15, 0.2) is 12.4 Å². The van der Waals surface area contributed by atoms with E-state index < -0.39 is 10.0 Å². The maximum absolute atomic E-state index is 12.7. The van der Waals surface area contributed by atoms with Gasteiger partial charge in [0.2, 0.25) is 10.0 Å². The molecule has 2 saturated heterocycles. The van der Waals surface area contributed by atoms with E-state index in [1.807, 2.05) is 17.8 Å². The van der Waals surface area contributed by atoms with Crippen LogP contribution in [0.3, 0.4) is 0 Å². The Morgan fingerprint density at radius 3 is 2.78 bits per heavy atom. The van der Waals surface area contributed by atoms with Crippen LogP contribution in [0.1, 0.15) is 31.4 Å². The molecule has 0 amide bonds. The summed E-state index contributed by atoms with van der Waals surface area (Å²) in [5.41, 5.74) is 0.942. The molecule has 8 heteroatoms. The number of aryl methyl sites for hydroxylation is 1. The molecule has 1 atom stereocenters. The largest absolute Gasteiger partial charge is 0.381 e. The molecule has 0 radical (unpaired) electrons. The van der Waals surface area contributed by atoms with E-state index in [-0.39, 0.29) is 17.8 Å². The highest BCUT2D eigenvalue weighted by molar-refractivity contribution is 7.89. The Morgan fingerprint density at radius 2 is 2.09 bits per heavy atom. The van der Waals surface area contributed by atoms with Crippen molar-refractivity contribution < 1.29 is 17.9 Å². The fraction of sp³-hybridized carbons (Fsp3) is 0.800. The number of rotatable bonds is 5. The minimum Gasteiger partial charge on any atom is -0.381 e. The summed E-state index contributed by atoms with van der Waals surface area (Å²) in [4.78, 5) is 0. The van der Waals surface area contributed by atoms with Crippen molar-refractivity contribution in [2.24, 2.45) is 5.92 Å². The molecule has 0 aromatic carbocycles. The Morgan fingerprint density at radius 1 is 1.30 bits per heavy atom. The monoisotopic (exact) mass is 343 g/mol. The third kappa shape index (κ3) is 4.12. The van der Waals surface area contributed by atoms with Gasteiger partial charge in [0, 0.05) is 44.6 Å². The first-order valence-electron chi connectivity index (χ1n) is 8.28. The summed E-state index contributed by atoms with van der Waals surface area (Å²) in [7, 11) is -3.25. The van der Waals surface area contributed by atoms with Crippen molar-refractivity contribution in [3.63, 3.8) is 0 Å². The van der Waals surface area contributed by atoms with Crippen molar-refractivity contribution >= 4 is 10.0 Å². The number of hydrogen-bond donors (Lipinski definition) is 0. The SMILES string of the molecule is CCn1cc([C@@H]2CN(S(=O)(=O)CC3CCOCC3)CCO2)cn1. The topological polar surface area (TPSA) is 73.7 Å². The summed E-state index contributed by atoms with van der Waals surface area (Å²) in [5, 5.41) is 4.25. The molecule has 2 fully saturated rings. The molecular weight excluding hydrogens is 318 g/mol. The molecule has 7 nitrogen and oxygen atoms in total. The smallest absolute Gasteiger partial charge is 0.214 e. The number of nitrogens with zero attached hydrogens (tertiary/aromatic N) is 3. The van der Waals surface area contributed by atoms with Crippen LogP contribution in [0.5, 0.6) is 0 Å². The van der Waals surface area contributed by atoms with Crippen molar-refractivity contribution in [1.82, 2.24) is 14.1 Å². The quantitative estimate of drug-likeness (QED) is 0.798. The summed E-state index contributed by atoms with van der Waals surface area (Å²) < 4.78 is 39.9. The normalized spacial score (nSPS) is 24.8. The Bertz CT molecular complexity index is 610. The lowest BCUT2D eigenvalue weighted by Gasteiger charge is -2.33. The number of aromatic nitrogens is 2. The zero-order valence-electron chi connectivity index (χ0n) is 13.6. The summed E-state index contributed by atoms with van der Waals surface area (Å²) in [5.74, 6) is 0.426. The Kier molecular flexibility index (Phi) is 5.35. The number of morpholine rings is 1.